The van der Waals surface area contributed by atoms with Gasteiger partial charge in [-0.25, -0.2) is 0 Å². The van der Waals surface area contributed by atoms with E-state index in [4.69, 9.17) is 4.42 Å². The van der Waals surface area contributed by atoms with Gasteiger partial charge in [-0.05, 0) is 59.8 Å². The first-order valence-corrected chi connectivity index (χ1v) is 8.35. The largest absolute Gasteiger partial charge is 0.419 e. The smallest absolute Gasteiger partial charge is 0.248 e. The Hall–Kier alpha value is -1.20. The second-order valence-corrected chi connectivity index (χ2v) is 6.51. The molecule has 1 aromatic heterocycles. The summed E-state index contributed by atoms with van der Waals surface area (Å²) in [5.41, 5.74) is 0.945. The normalized spacial score (nSPS) is 14.8. The van der Waals surface area contributed by atoms with Gasteiger partial charge in [-0.15, -0.1) is 10.2 Å². The van der Waals surface area contributed by atoms with E-state index in [-0.39, 0.29) is 0 Å². The highest BCUT2D eigenvalue weighted by atomic mass is 79.9. The van der Waals surface area contributed by atoms with Gasteiger partial charge < -0.3 is 4.42 Å². The number of nitrogens with zero attached hydrogens (tertiary/aromatic N) is 3. The third-order valence-corrected chi connectivity index (χ3v) is 4.37. The van der Waals surface area contributed by atoms with Crippen molar-refractivity contribution in [3.63, 3.8) is 0 Å². The summed E-state index contributed by atoms with van der Waals surface area (Å²) in [6, 6.07) is 7.91. The van der Waals surface area contributed by atoms with Crippen LogP contribution in [0, 0.1) is 5.92 Å². The molecule has 1 saturated carbocycles. The summed E-state index contributed by atoms with van der Waals surface area (Å²) >= 11 is 3.52. The van der Waals surface area contributed by atoms with Gasteiger partial charge in [0.15, 0.2) is 0 Å². The molecule has 1 fully saturated rings. The van der Waals surface area contributed by atoms with Crippen LogP contribution in [0.5, 0.6) is 0 Å². The van der Waals surface area contributed by atoms with Crippen molar-refractivity contribution in [3.8, 4) is 11.5 Å². The number of halogens is 1. The molecule has 0 atom stereocenters. The fraction of sp³-hybridized carbons (Fsp3) is 0.500. The van der Waals surface area contributed by atoms with Crippen LogP contribution in [0.15, 0.2) is 33.2 Å². The molecule has 21 heavy (non-hydrogen) atoms. The molecule has 0 saturated heterocycles. The van der Waals surface area contributed by atoms with Gasteiger partial charge in [-0.3, -0.25) is 4.90 Å². The molecule has 0 spiro atoms. The summed E-state index contributed by atoms with van der Waals surface area (Å²) in [7, 11) is 0. The maximum Gasteiger partial charge on any atom is 0.248 e. The van der Waals surface area contributed by atoms with Crippen LogP contribution >= 0.6 is 15.9 Å². The highest BCUT2D eigenvalue weighted by Crippen LogP contribution is 2.30. The van der Waals surface area contributed by atoms with E-state index in [0.29, 0.717) is 11.8 Å². The lowest BCUT2D eigenvalue weighted by atomic mass is 10.2. The van der Waals surface area contributed by atoms with Crippen LogP contribution in [0.4, 0.5) is 0 Å². The Morgan fingerprint density at radius 1 is 1.29 bits per heavy atom. The molecule has 0 aliphatic heterocycles. The summed E-state index contributed by atoms with van der Waals surface area (Å²) in [6.45, 7) is 5.20. The minimum absolute atomic E-state index is 0.584. The summed E-state index contributed by atoms with van der Waals surface area (Å²) in [4.78, 5) is 2.43. The Balaban J connectivity index is 1.70. The molecule has 5 heteroatoms. The van der Waals surface area contributed by atoms with Crippen LogP contribution in [0.3, 0.4) is 0 Å². The summed E-state index contributed by atoms with van der Waals surface area (Å²) in [6.07, 6.45) is 3.89. The molecule has 1 aliphatic carbocycles. The number of aromatic nitrogens is 2. The summed E-state index contributed by atoms with van der Waals surface area (Å²) in [5, 5.41) is 8.39. The molecule has 0 unspecified atom stereocenters. The van der Waals surface area contributed by atoms with Crippen molar-refractivity contribution in [2.75, 3.05) is 13.1 Å². The molecule has 0 bridgehead atoms. The monoisotopic (exact) mass is 349 g/mol. The maximum absolute atomic E-state index is 5.84. The van der Waals surface area contributed by atoms with Crippen molar-refractivity contribution in [1.82, 2.24) is 15.1 Å². The van der Waals surface area contributed by atoms with E-state index in [1.54, 1.807) is 0 Å². The van der Waals surface area contributed by atoms with Crippen LogP contribution < -0.4 is 0 Å². The molecule has 0 radical (unpaired) electrons. The van der Waals surface area contributed by atoms with E-state index in [0.717, 1.165) is 42.0 Å². The molecule has 0 N–H and O–H groups in total. The zero-order valence-electron chi connectivity index (χ0n) is 12.3. The third kappa shape index (κ3) is 3.92. The second-order valence-electron chi connectivity index (χ2n) is 5.66. The van der Waals surface area contributed by atoms with E-state index in [9.17, 15) is 0 Å². The average Bonchev–Trinajstić information content (AvgIpc) is 3.16. The van der Waals surface area contributed by atoms with E-state index < -0.39 is 0 Å². The molecule has 3 rings (SSSR count). The summed E-state index contributed by atoms with van der Waals surface area (Å²) < 4.78 is 6.81. The van der Waals surface area contributed by atoms with Crippen molar-refractivity contribution in [1.29, 1.82) is 0 Å². The van der Waals surface area contributed by atoms with Crippen molar-refractivity contribution in [2.24, 2.45) is 5.92 Å². The van der Waals surface area contributed by atoms with Crippen LogP contribution in [-0.2, 0) is 6.54 Å². The lowest BCUT2D eigenvalue weighted by Gasteiger charge is -2.19. The van der Waals surface area contributed by atoms with Crippen LogP contribution in [0.2, 0.25) is 0 Å². The molecule has 1 aromatic carbocycles. The number of hydrogen-bond donors (Lipinski definition) is 0. The van der Waals surface area contributed by atoms with Crippen molar-refractivity contribution in [3.05, 3.63) is 34.6 Å². The van der Waals surface area contributed by atoms with Gasteiger partial charge in [0.2, 0.25) is 11.8 Å². The number of rotatable bonds is 7. The summed E-state index contributed by atoms with van der Waals surface area (Å²) in [5.74, 6) is 2.16. The van der Waals surface area contributed by atoms with Crippen LogP contribution in [0.1, 0.15) is 32.1 Å². The predicted octanol–water partition coefficient (Wildman–Crippen LogP) is 4.12. The van der Waals surface area contributed by atoms with E-state index in [2.05, 4.69) is 38.0 Å². The Morgan fingerprint density at radius 3 is 2.81 bits per heavy atom. The molecule has 0 amide bonds. The van der Waals surface area contributed by atoms with E-state index in [1.807, 2.05) is 24.3 Å². The molecule has 112 valence electrons. The molecule has 2 aromatic rings. The van der Waals surface area contributed by atoms with Crippen LogP contribution in [-0.4, -0.2) is 28.2 Å². The second kappa shape index (κ2) is 6.71. The fourth-order valence-electron chi connectivity index (χ4n) is 2.47. The topological polar surface area (TPSA) is 42.2 Å². The van der Waals surface area contributed by atoms with Crippen molar-refractivity contribution in [2.45, 2.75) is 32.7 Å². The van der Waals surface area contributed by atoms with Crippen molar-refractivity contribution >= 4 is 15.9 Å². The van der Waals surface area contributed by atoms with Gasteiger partial charge in [0, 0.05) is 11.0 Å². The molecule has 4 nitrogen and oxygen atoms in total. The SMILES string of the molecule is CCCN(Cc1nnc(-c2ccccc2Br)o1)CC1CC1. The quantitative estimate of drug-likeness (QED) is 0.753. The lowest BCUT2D eigenvalue weighted by molar-refractivity contribution is 0.231. The molecule has 1 heterocycles. The van der Waals surface area contributed by atoms with Crippen LogP contribution in [0.25, 0.3) is 11.5 Å². The average molecular weight is 350 g/mol. The Bertz CT molecular complexity index is 595. The van der Waals surface area contributed by atoms with Crippen molar-refractivity contribution < 1.29 is 4.42 Å². The Morgan fingerprint density at radius 2 is 2.10 bits per heavy atom. The first-order valence-electron chi connectivity index (χ1n) is 7.56. The molecular weight excluding hydrogens is 330 g/mol. The van der Waals surface area contributed by atoms with E-state index in [1.165, 1.54) is 12.8 Å². The first kappa shape index (κ1) is 14.7. The number of benzene rings is 1. The highest BCUT2D eigenvalue weighted by Gasteiger charge is 2.25. The standard InChI is InChI=1S/C16H20BrN3O/c1-2-9-20(10-12-7-8-12)11-15-18-19-16(21-15)13-5-3-4-6-14(13)17/h3-6,12H,2,7-11H2,1H3. The van der Waals surface area contributed by atoms with Gasteiger partial charge in [0.1, 0.15) is 0 Å². The van der Waals surface area contributed by atoms with Gasteiger partial charge in [-0.2, -0.15) is 0 Å². The first-order chi connectivity index (χ1) is 10.3. The minimum atomic E-state index is 0.584. The zero-order chi connectivity index (χ0) is 14.7. The molecular formula is C16H20BrN3O. The third-order valence-electron chi connectivity index (χ3n) is 3.68. The Kier molecular flexibility index (Phi) is 4.70. The lowest BCUT2D eigenvalue weighted by Crippen LogP contribution is -2.26. The Labute approximate surface area is 133 Å². The molecule has 1 aliphatic rings. The van der Waals surface area contributed by atoms with Gasteiger partial charge in [0.05, 0.1) is 12.1 Å². The highest BCUT2D eigenvalue weighted by molar-refractivity contribution is 9.10. The van der Waals surface area contributed by atoms with Gasteiger partial charge in [-0.1, -0.05) is 19.1 Å². The fourth-order valence-corrected chi connectivity index (χ4v) is 2.92. The number of hydrogen-bond acceptors (Lipinski definition) is 4. The predicted molar refractivity (Wildman–Crippen MR) is 85.7 cm³/mol. The minimum Gasteiger partial charge on any atom is -0.419 e. The van der Waals surface area contributed by atoms with Gasteiger partial charge in [0.25, 0.3) is 0 Å². The maximum atomic E-state index is 5.84. The van der Waals surface area contributed by atoms with E-state index >= 15 is 0 Å². The zero-order valence-corrected chi connectivity index (χ0v) is 13.8. The van der Waals surface area contributed by atoms with Gasteiger partial charge >= 0.3 is 0 Å².